The van der Waals surface area contributed by atoms with Gasteiger partial charge in [0.05, 0.1) is 0 Å². The van der Waals surface area contributed by atoms with Gasteiger partial charge in [-0.2, -0.15) is 23.5 Å². The summed E-state index contributed by atoms with van der Waals surface area (Å²) in [4.78, 5) is 8.36. The summed E-state index contributed by atoms with van der Waals surface area (Å²) in [6, 6.07) is 16.5. The topological polar surface area (TPSA) is 37.3 Å². The van der Waals surface area contributed by atoms with Crippen molar-refractivity contribution in [3.63, 3.8) is 0 Å². The van der Waals surface area contributed by atoms with Crippen LogP contribution in [0.1, 0.15) is 50.2 Å². The lowest BCUT2D eigenvalue weighted by Gasteiger charge is -2.17. The van der Waals surface area contributed by atoms with Gasteiger partial charge in [-0.25, -0.2) is 0 Å². The van der Waals surface area contributed by atoms with E-state index in [-0.39, 0.29) is 6.47 Å². The molecule has 2 aromatic rings. The Kier molecular flexibility index (Phi) is 14.7. The zero-order valence-electron chi connectivity index (χ0n) is 17.3. The van der Waals surface area contributed by atoms with Crippen LogP contribution in [0.3, 0.4) is 0 Å². The highest BCUT2D eigenvalue weighted by molar-refractivity contribution is 7.99. The number of thioether (sulfide) groups is 2. The van der Waals surface area contributed by atoms with Gasteiger partial charge < -0.3 is 5.11 Å². The Morgan fingerprint density at radius 3 is 2.10 bits per heavy atom. The molecule has 1 atom stereocenters. The maximum atomic E-state index is 8.36. The molecule has 2 aromatic carbocycles. The maximum absolute atomic E-state index is 8.36. The summed E-state index contributed by atoms with van der Waals surface area (Å²) in [5, 5.41) is 7.62. The number of unbranched alkanes of at least 4 members (excludes halogenated alkanes) is 2. The van der Waals surface area contributed by atoms with Gasteiger partial charge in [-0.15, -0.1) is 0 Å². The van der Waals surface area contributed by atoms with Crippen LogP contribution in [0.15, 0.2) is 48.5 Å². The SMILES string of the molecule is O=CO.[B]c1cccc(CSCCC(CCCCC)SCc2cccc([B])c2)c1. The minimum absolute atomic E-state index is 0.250. The van der Waals surface area contributed by atoms with Crippen molar-refractivity contribution in [1.29, 1.82) is 0 Å². The zero-order valence-corrected chi connectivity index (χ0v) is 18.9. The summed E-state index contributed by atoms with van der Waals surface area (Å²) in [6.07, 6.45) is 6.55. The molecule has 2 rings (SSSR count). The summed E-state index contributed by atoms with van der Waals surface area (Å²) >= 11 is 4.11. The van der Waals surface area contributed by atoms with Crippen LogP contribution >= 0.6 is 23.5 Å². The summed E-state index contributed by atoms with van der Waals surface area (Å²) in [6.45, 7) is 2.02. The number of carbonyl (C=O) groups is 1. The molecular formula is C23H30B2O2S2. The molecule has 0 aliphatic carbocycles. The molecule has 0 spiro atoms. The van der Waals surface area contributed by atoms with Crippen LogP contribution in [0.5, 0.6) is 0 Å². The molecule has 4 radical (unpaired) electrons. The number of benzene rings is 2. The molecule has 0 aromatic heterocycles. The quantitative estimate of drug-likeness (QED) is 0.310. The van der Waals surface area contributed by atoms with E-state index in [4.69, 9.17) is 25.6 Å². The number of carboxylic acid groups (broad SMARTS) is 1. The lowest BCUT2D eigenvalue weighted by Crippen LogP contribution is -2.07. The van der Waals surface area contributed by atoms with E-state index < -0.39 is 0 Å². The molecule has 0 bridgehead atoms. The summed E-state index contributed by atoms with van der Waals surface area (Å²) < 4.78 is 0. The highest BCUT2D eigenvalue weighted by Gasteiger charge is 2.10. The van der Waals surface area contributed by atoms with Gasteiger partial charge in [-0.3, -0.25) is 4.79 Å². The molecule has 6 heteroatoms. The Bertz CT molecular complexity index is 698. The van der Waals surface area contributed by atoms with Gasteiger partial charge >= 0.3 is 0 Å². The fraction of sp³-hybridized carbons (Fsp3) is 0.435. The number of hydrogen-bond acceptors (Lipinski definition) is 3. The molecule has 1 N–H and O–H groups in total. The third kappa shape index (κ3) is 12.8. The lowest BCUT2D eigenvalue weighted by atomic mass is 9.95. The van der Waals surface area contributed by atoms with Crippen molar-refractivity contribution in [3.8, 4) is 0 Å². The highest BCUT2D eigenvalue weighted by atomic mass is 32.2. The lowest BCUT2D eigenvalue weighted by molar-refractivity contribution is -0.122. The summed E-state index contributed by atoms with van der Waals surface area (Å²) in [5.74, 6) is 3.31. The fourth-order valence-electron chi connectivity index (χ4n) is 2.92. The molecule has 0 heterocycles. The van der Waals surface area contributed by atoms with Crippen molar-refractivity contribution >= 4 is 56.6 Å². The summed E-state index contributed by atoms with van der Waals surface area (Å²) in [7, 11) is 11.8. The molecule has 0 saturated heterocycles. The van der Waals surface area contributed by atoms with Crippen molar-refractivity contribution in [3.05, 3.63) is 59.7 Å². The second kappa shape index (κ2) is 16.5. The first-order chi connectivity index (χ1) is 14.1. The normalized spacial score (nSPS) is 11.3. The van der Waals surface area contributed by atoms with Crippen LogP contribution < -0.4 is 10.9 Å². The van der Waals surface area contributed by atoms with Crippen LogP contribution in [-0.2, 0) is 16.3 Å². The van der Waals surface area contributed by atoms with Gasteiger partial charge in [0.25, 0.3) is 6.47 Å². The van der Waals surface area contributed by atoms with E-state index in [2.05, 4.69) is 49.0 Å². The van der Waals surface area contributed by atoms with Crippen LogP contribution in [0.25, 0.3) is 0 Å². The van der Waals surface area contributed by atoms with Crippen molar-refractivity contribution < 1.29 is 9.90 Å². The van der Waals surface area contributed by atoms with Crippen molar-refractivity contribution in [2.45, 2.75) is 55.8 Å². The van der Waals surface area contributed by atoms with Gasteiger partial charge in [0, 0.05) is 16.8 Å². The molecule has 0 fully saturated rings. The monoisotopic (exact) mass is 424 g/mol. The fourth-order valence-corrected chi connectivity index (χ4v) is 5.30. The smallest absolute Gasteiger partial charge is 0.290 e. The Balaban J connectivity index is 0.00000132. The van der Waals surface area contributed by atoms with E-state index in [0.717, 1.165) is 27.7 Å². The second-order valence-corrected chi connectivity index (χ2v) is 9.26. The summed E-state index contributed by atoms with van der Waals surface area (Å²) in [5.41, 5.74) is 4.38. The molecule has 152 valence electrons. The average Bonchev–Trinajstić information content (AvgIpc) is 2.70. The Morgan fingerprint density at radius 2 is 1.55 bits per heavy atom. The minimum Gasteiger partial charge on any atom is -0.483 e. The zero-order chi connectivity index (χ0) is 21.3. The molecular weight excluding hydrogens is 394 g/mol. The van der Waals surface area contributed by atoms with Gasteiger partial charge in [0.2, 0.25) is 0 Å². The maximum Gasteiger partial charge on any atom is 0.290 e. The molecule has 0 aliphatic rings. The predicted molar refractivity (Wildman–Crippen MR) is 132 cm³/mol. The van der Waals surface area contributed by atoms with Gasteiger partial charge in [-0.1, -0.05) is 85.6 Å². The van der Waals surface area contributed by atoms with E-state index in [0.29, 0.717) is 0 Å². The third-order valence-corrected chi connectivity index (χ3v) is 6.87. The van der Waals surface area contributed by atoms with Gasteiger partial charge in [0.1, 0.15) is 15.7 Å². The number of rotatable bonds is 12. The molecule has 2 nitrogen and oxygen atoms in total. The highest BCUT2D eigenvalue weighted by Crippen LogP contribution is 2.27. The van der Waals surface area contributed by atoms with Crippen LogP contribution in [0.2, 0.25) is 0 Å². The first-order valence-electron chi connectivity index (χ1n) is 10.0. The largest absolute Gasteiger partial charge is 0.483 e. The number of hydrogen-bond donors (Lipinski definition) is 1. The van der Waals surface area contributed by atoms with E-state index in [1.165, 1.54) is 49.0 Å². The molecule has 0 amide bonds. The second-order valence-electron chi connectivity index (χ2n) is 6.87. The first-order valence-corrected chi connectivity index (χ1v) is 12.2. The van der Waals surface area contributed by atoms with E-state index in [9.17, 15) is 0 Å². The minimum atomic E-state index is -0.250. The molecule has 1 unspecified atom stereocenters. The average molecular weight is 424 g/mol. The Hall–Kier alpha value is -1.26. The van der Waals surface area contributed by atoms with Crippen LogP contribution in [-0.4, -0.2) is 38.3 Å². The first kappa shape index (κ1) is 25.8. The van der Waals surface area contributed by atoms with E-state index >= 15 is 0 Å². The van der Waals surface area contributed by atoms with Crippen molar-refractivity contribution in [2.24, 2.45) is 0 Å². The van der Waals surface area contributed by atoms with E-state index in [1.807, 2.05) is 30.0 Å². The van der Waals surface area contributed by atoms with Crippen LogP contribution in [0.4, 0.5) is 0 Å². The van der Waals surface area contributed by atoms with Gasteiger partial charge in [0.15, 0.2) is 0 Å². The van der Waals surface area contributed by atoms with E-state index in [1.54, 1.807) is 0 Å². The standard InChI is InChI=1S/C22H28B2S2.CH2O2/c1-2-3-4-11-22(26-17-19-8-6-10-21(24)15-19)12-13-25-16-18-7-5-9-20(23)14-18;2-1-3/h5-10,14-15,22H,2-4,11-13,16-17H2,1H3;1H,(H,2,3). The predicted octanol–water partition coefficient (Wildman–Crippen LogP) is 4.48. The van der Waals surface area contributed by atoms with Crippen LogP contribution in [0, 0.1) is 0 Å². The molecule has 0 saturated carbocycles. The third-order valence-electron chi connectivity index (χ3n) is 4.37. The van der Waals surface area contributed by atoms with Crippen molar-refractivity contribution in [2.75, 3.05) is 5.75 Å². The molecule has 0 aliphatic heterocycles. The van der Waals surface area contributed by atoms with Gasteiger partial charge in [-0.05, 0) is 29.7 Å². The Labute approximate surface area is 187 Å². The molecule has 29 heavy (non-hydrogen) atoms. The Morgan fingerprint density at radius 1 is 0.966 bits per heavy atom. The van der Waals surface area contributed by atoms with Crippen molar-refractivity contribution in [1.82, 2.24) is 0 Å².